The number of anilines is 1. The highest BCUT2D eigenvalue weighted by Crippen LogP contribution is 2.32. The number of benzene rings is 2. The Morgan fingerprint density at radius 1 is 1.03 bits per heavy atom. The molecule has 1 N–H and O–H groups in total. The van der Waals surface area contributed by atoms with Gasteiger partial charge < -0.3 is 10.2 Å². The lowest BCUT2D eigenvalue weighted by Gasteiger charge is -2.37. The number of fused-ring (bicyclic) bond motifs is 1. The number of nitrogens with one attached hydrogen (secondary N) is 1. The van der Waals surface area contributed by atoms with Gasteiger partial charge in [-0.05, 0) is 54.3 Å². The number of imide groups is 1. The molecular formula is C23H22F3N3O3. The lowest BCUT2D eigenvalue weighted by atomic mass is 10.0. The number of likely N-dealkylation sites (tertiary alicyclic amines) is 1. The summed E-state index contributed by atoms with van der Waals surface area (Å²) in [6, 6.07) is 8.91. The second-order valence-corrected chi connectivity index (χ2v) is 8.28. The molecule has 2 aromatic carbocycles. The first-order valence-corrected chi connectivity index (χ1v) is 10.3. The minimum Gasteiger partial charge on any atom is -0.332 e. The standard InChI is InChI=1S/C23H22F3N3O3/c1-13(2)14-5-9-17(10-6-14)29-21(31)19-18(27-22(29)32)11-12-28(19)20(30)15-3-7-16(8-4-15)23(24,25)26/h3-10,13,18-19H,11-12H2,1-2H3,(H,27,32)/t18-,19+/m1/s1. The van der Waals surface area contributed by atoms with Gasteiger partial charge >= 0.3 is 12.2 Å². The van der Waals surface area contributed by atoms with Crippen LogP contribution in [-0.2, 0) is 11.0 Å². The van der Waals surface area contributed by atoms with Gasteiger partial charge in [-0.3, -0.25) is 9.59 Å². The first kappa shape index (κ1) is 21.9. The van der Waals surface area contributed by atoms with Crippen LogP contribution in [0.2, 0.25) is 0 Å². The van der Waals surface area contributed by atoms with Crippen molar-refractivity contribution in [3.8, 4) is 0 Å². The molecular weight excluding hydrogens is 423 g/mol. The van der Waals surface area contributed by atoms with Crippen LogP contribution in [0.5, 0.6) is 0 Å². The molecule has 2 aliphatic heterocycles. The topological polar surface area (TPSA) is 69.7 Å². The average Bonchev–Trinajstić information content (AvgIpc) is 3.17. The number of hydrogen-bond donors (Lipinski definition) is 1. The Morgan fingerprint density at radius 2 is 1.66 bits per heavy atom. The zero-order chi connectivity index (χ0) is 23.2. The van der Waals surface area contributed by atoms with Gasteiger partial charge in [0.05, 0.1) is 17.3 Å². The largest absolute Gasteiger partial charge is 0.416 e. The number of alkyl halides is 3. The van der Waals surface area contributed by atoms with Crippen molar-refractivity contribution >= 4 is 23.5 Å². The minimum atomic E-state index is -4.50. The van der Waals surface area contributed by atoms with E-state index < -0.39 is 41.7 Å². The number of nitrogens with zero attached hydrogens (tertiary/aromatic N) is 2. The van der Waals surface area contributed by atoms with Crippen LogP contribution < -0.4 is 10.2 Å². The molecule has 0 aromatic heterocycles. The predicted octanol–water partition coefficient (Wildman–Crippen LogP) is 4.17. The smallest absolute Gasteiger partial charge is 0.332 e. The fourth-order valence-electron chi connectivity index (χ4n) is 4.15. The van der Waals surface area contributed by atoms with Gasteiger partial charge in [0.25, 0.3) is 11.8 Å². The number of halogens is 3. The highest BCUT2D eigenvalue weighted by molar-refractivity contribution is 6.19. The molecule has 0 radical (unpaired) electrons. The van der Waals surface area contributed by atoms with Gasteiger partial charge in [0, 0.05) is 12.1 Å². The highest BCUT2D eigenvalue weighted by Gasteiger charge is 2.50. The maximum atomic E-state index is 13.3. The second kappa shape index (κ2) is 7.96. The van der Waals surface area contributed by atoms with Crippen molar-refractivity contribution in [3.63, 3.8) is 0 Å². The third kappa shape index (κ3) is 3.83. The van der Waals surface area contributed by atoms with Gasteiger partial charge in [-0.2, -0.15) is 13.2 Å². The van der Waals surface area contributed by atoms with Crippen LogP contribution >= 0.6 is 0 Å². The van der Waals surface area contributed by atoms with Crippen LogP contribution in [0.1, 0.15) is 47.7 Å². The predicted molar refractivity (Wildman–Crippen MR) is 111 cm³/mol. The van der Waals surface area contributed by atoms with Crippen molar-refractivity contribution in [3.05, 3.63) is 65.2 Å². The van der Waals surface area contributed by atoms with Gasteiger partial charge in [0.1, 0.15) is 6.04 Å². The number of hydrogen-bond acceptors (Lipinski definition) is 3. The summed E-state index contributed by atoms with van der Waals surface area (Å²) in [6.07, 6.45) is -4.12. The van der Waals surface area contributed by atoms with Crippen LogP contribution in [-0.4, -0.2) is 41.4 Å². The number of rotatable bonds is 3. The molecule has 6 nitrogen and oxygen atoms in total. The van der Waals surface area contributed by atoms with Gasteiger partial charge in [0.15, 0.2) is 0 Å². The molecule has 0 bridgehead atoms. The summed E-state index contributed by atoms with van der Waals surface area (Å²) in [7, 11) is 0. The van der Waals surface area contributed by atoms with E-state index in [4.69, 9.17) is 0 Å². The molecule has 2 fully saturated rings. The molecule has 0 spiro atoms. The third-order valence-electron chi connectivity index (χ3n) is 5.92. The lowest BCUT2D eigenvalue weighted by Crippen LogP contribution is -2.65. The first-order chi connectivity index (χ1) is 15.1. The molecule has 2 atom stereocenters. The van der Waals surface area contributed by atoms with E-state index in [0.717, 1.165) is 34.7 Å². The van der Waals surface area contributed by atoms with Crippen molar-refractivity contribution in [1.82, 2.24) is 10.2 Å². The van der Waals surface area contributed by atoms with Gasteiger partial charge in [-0.25, -0.2) is 9.69 Å². The van der Waals surface area contributed by atoms with Crippen LogP contribution in [0.15, 0.2) is 48.5 Å². The lowest BCUT2D eigenvalue weighted by molar-refractivity contribution is -0.137. The van der Waals surface area contributed by atoms with Crippen LogP contribution in [0, 0.1) is 0 Å². The van der Waals surface area contributed by atoms with E-state index in [9.17, 15) is 27.6 Å². The zero-order valence-corrected chi connectivity index (χ0v) is 17.5. The Bertz CT molecular complexity index is 1050. The summed E-state index contributed by atoms with van der Waals surface area (Å²) in [5.74, 6) is -0.800. The normalized spacial score (nSPS) is 21.1. The van der Waals surface area contributed by atoms with Crippen LogP contribution in [0.3, 0.4) is 0 Å². The second-order valence-electron chi connectivity index (χ2n) is 8.28. The Kier molecular flexibility index (Phi) is 5.44. The summed E-state index contributed by atoms with van der Waals surface area (Å²) < 4.78 is 38.5. The first-order valence-electron chi connectivity index (χ1n) is 10.3. The fraction of sp³-hybridized carbons (Fsp3) is 0.348. The summed E-state index contributed by atoms with van der Waals surface area (Å²) in [5.41, 5.74) is 0.641. The van der Waals surface area contributed by atoms with E-state index in [2.05, 4.69) is 5.32 Å². The van der Waals surface area contributed by atoms with Gasteiger partial charge in [-0.1, -0.05) is 26.0 Å². The van der Waals surface area contributed by atoms with E-state index in [-0.39, 0.29) is 18.0 Å². The molecule has 168 valence electrons. The quantitative estimate of drug-likeness (QED) is 0.771. The maximum Gasteiger partial charge on any atom is 0.416 e. The van der Waals surface area contributed by atoms with Crippen molar-refractivity contribution in [1.29, 1.82) is 0 Å². The van der Waals surface area contributed by atoms with Crippen molar-refractivity contribution in [2.75, 3.05) is 11.4 Å². The Morgan fingerprint density at radius 3 is 2.22 bits per heavy atom. The van der Waals surface area contributed by atoms with Crippen molar-refractivity contribution in [2.45, 2.75) is 44.4 Å². The number of carbonyl (C=O) groups excluding carboxylic acids is 3. The molecule has 32 heavy (non-hydrogen) atoms. The minimum absolute atomic E-state index is 0.0520. The fourth-order valence-corrected chi connectivity index (χ4v) is 4.15. The molecule has 0 aliphatic carbocycles. The Labute approximate surface area is 183 Å². The molecule has 2 aromatic rings. The van der Waals surface area contributed by atoms with Gasteiger partial charge in [0.2, 0.25) is 0 Å². The van der Waals surface area contributed by atoms with Crippen molar-refractivity contribution in [2.24, 2.45) is 0 Å². The maximum absolute atomic E-state index is 13.3. The molecule has 0 unspecified atom stereocenters. The summed E-state index contributed by atoms with van der Waals surface area (Å²) in [5, 5.41) is 2.78. The average molecular weight is 445 g/mol. The van der Waals surface area contributed by atoms with E-state index in [1.807, 2.05) is 26.0 Å². The molecule has 4 amide bonds. The van der Waals surface area contributed by atoms with Crippen LogP contribution in [0.25, 0.3) is 0 Å². The highest BCUT2D eigenvalue weighted by atomic mass is 19.4. The molecule has 9 heteroatoms. The number of urea groups is 1. The molecule has 2 saturated heterocycles. The van der Waals surface area contributed by atoms with Crippen LogP contribution in [0.4, 0.5) is 23.7 Å². The van der Waals surface area contributed by atoms with E-state index in [1.165, 1.54) is 4.90 Å². The van der Waals surface area contributed by atoms with Gasteiger partial charge in [-0.15, -0.1) is 0 Å². The van der Waals surface area contributed by atoms with E-state index >= 15 is 0 Å². The van der Waals surface area contributed by atoms with E-state index in [1.54, 1.807) is 12.1 Å². The van der Waals surface area contributed by atoms with E-state index in [0.29, 0.717) is 12.1 Å². The molecule has 4 rings (SSSR count). The Hall–Kier alpha value is -3.36. The zero-order valence-electron chi connectivity index (χ0n) is 17.5. The number of carbonyl (C=O) groups is 3. The molecule has 2 aliphatic rings. The SMILES string of the molecule is CC(C)c1ccc(N2C(=O)N[C@@H]3CCN(C(=O)c4ccc(C(F)(F)F)cc4)[C@@H]3C2=O)cc1. The Balaban J connectivity index is 1.59. The summed E-state index contributed by atoms with van der Waals surface area (Å²) >= 11 is 0. The molecule has 0 saturated carbocycles. The monoisotopic (exact) mass is 445 g/mol. The summed E-state index contributed by atoms with van der Waals surface area (Å²) in [6.45, 7) is 4.27. The third-order valence-corrected chi connectivity index (χ3v) is 5.92. The summed E-state index contributed by atoms with van der Waals surface area (Å²) in [4.78, 5) is 41.3. The molecule has 2 heterocycles. The number of amides is 4. The van der Waals surface area contributed by atoms with Crippen molar-refractivity contribution < 1.29 is 27.6 Å².